The van der Waals surface area contributed by atoms with Crippen LogP contribution >= 0.6 is 12.2 Å². The molecule has 15 heavy (non-hydrogen) atoms. The third-order valence-electron chi connectivity index (χ3n) is 1.82. The maximum atomic E-state index is 5.25. The van der Waals surface area contributed by atoms with E-state index in [4.69, 9.17) is 10.5 Å². The Morgan fingerprint density at radius 1 is 1.60 bits per heavy atom. The van der Waals surface area contributed by atoms with E-state index < -0.39 is 0 Å². The Balaban J connectivity index is 2.89. The number of ether oxygens (including phenoxy) is 1. The van der Waals surface area contributed by atoms with Crippen LogP contribution in [0.15, 0.2) is 23.3 Å². The first-order chi connectivity index (χ1) is 7.15. The smallest absolute Gasteiger partial charge is 0.184 e. The summed E-state index contributed by atoms with van der Waals surface area (Å²) in [5.41, 5.74) is 9.65. The first kappa shape index (κ1) is 11.5. The van der Waals surface area contributed by atoms with E-state index in [1.807, 2.05) is 25.1 Å². The molecule has 1 aromatic rings. The number of hydrogen-bond acceptors (Lipinski definition) is 3. The molecule has 0 spiro atoms. The van der Waals surface area contributed by atoms with Crippen LogP contribution < -0.4 is 15.9 Å². The number of para-hydroxylation sites is 1. The van der Waals surface area contributed by atoms with Gasteiger partial charge in [-0.3, -0.25) is 5.43 Å². The van der Waals surface area contributed by atoms with E-state index in [2.05, 4.69) is 22.7 Å². The van der Waals surface area contributed by atoms with Crippen molar-refractivity contribution in [2.24, 2.45) is 10.8 Å². The van der Waals surface area contributed by atoms with Gasteiger partial charge in [-0.25, -0.2) is 0 Å². The molecule has 0 aromatic heterocycles. The molecular formula is C10H13N3OS. The number of benzene rings is 1. The van der Waals surface area contributed by atoms with Crippen molar-refractivity contribution in [2.75, 3.05) is 7.11 Å². The summed E-state index contributed by atoms with van der Waals surface area (Å²) in [5, 5.41) is 4.01. The number of nitrogens with one attached hydrogen (secondary N) is 1. The standard InChI is InChI=1S/C10H13N3OS/c1-7-4-3-5-8(9(7)14-2)6-12-13-10(11)15/h3-6H,1-2H3,(H3,11,13,15)/b12-6+. The lowest BCUT2D eigenvalue weighted by Crippen LogP contribution is -2.24. The number of methoxy groups -OCH3 is 1. The van der Waals surface area contributed by atoms with Crippen molar-refractivity contribution in [1.82, 2.24) is 5.43 Å². The molecule has 0 aliphatic heterocycles. The lowest BCUT2D eigenvalue weighted by Gasteiger charge is -2.07. The molecule has 0 unspecified atom stereocenters. The quantitative estimate of drug-likeness (QED) is 0.459. The van der Waals surface area contributed by atoms with Gasteiger partial charge in [-0.05, 0) is 30.8 Å². The summed E-state index contributed by atoms with van der Waals surface area (Å²) in [6, 6.07) is 5.80. The molecule has 1 aromatic carbocycles. The molecule has 0 amide bonds. The van der Waals surface area contributed by atoms with Crippen molar-refractivity contribution in [2.45, 2.75) is 6.92 Å². The summed E-state index contributed by atoms with van der Waals surface area (Å²) in [6.07, 6.45) is 1.62. The number of nitrogens with two attached hydrogens (primary N) is 1. The Bertz CT molecular complexity index is 390. The van der Waals surface area contributed by atoms with Crippen LogP contribution in [0.1, 0.15) is 11.1 Å². The number of hydrazone groups is 1. The monoisotopic (exact) mass is 223 g/mol. The molecule has 1 rings (SSSR count). The van der Waals surface area contributed by atoms with Crippen molar-refractivity contribution >= 4 is 23.5 Å². The van der Waals surface area contributed by atoms with Gasteiger partial charge in [0.2, 0.25) is 0 Å². The Kier molecular flexibility index (Phi) is 4.05. The van der Waals surface area contributed by atoms with Gasteiger partial charge in [0.25, 0.3) is 0 Å². The average Bonchev–Trinajstić information content (AvgIpc) is 2.17. The van der Waals surface area contributed by atoms with Crippen LogP contribution in [0.25, 0.3) is 0 Å². The molecular weight excluding hydrogens is 210 g/mol. The summed E-state index contributed by atoms with van der Waals surface area (Å²) >= 11 is 4.62. The molecule has 80 valence electrons. The van der Waals surface area contributed by atoms with E-state index in [1.54, 1.807) is 13.3 Å². The zero-order chi connectivity index (χ0) is 11.3. The summed E-state index contributed by atoms with van der Waals surface area (Å²) in [7, 11) is 1.63. The molecule has 0 aliphatic rings. The molecule has 0 radical (unpaired) electrons. The Morgan fingerprint density at radius 3 is 2.93 bits per heavy atom. The Hall–Kier alpha value is -1.62. The van der Waals surface area contributed by atoms with Crippen molar-refractivity contribution in [3.05, 3.63) is 29.3 Å². The highest BCUT2D eigenvalue weighted by atomic mass is 32.1. The van der Waals surface area contributed by atoms with E-state index in [-0.39, 0.29) is 5.11 Å². The fourth-order valence-electron chi connectivity index (χ4n) is 1.22. The van der Waals surface area contributed by atoms with Gasteiger partial charge in [-0.15, -0.1) is 0 Å². The van der Waals surface area contributed by atoms with Crippen LogP contribution in [-0.4, -0.2) is 18.4 Å². The first-order valence-corrected chi connectivity index (χ1v) is 4.78. The van der Waals surface area contributed by atoms with Gasteiger partial charge in [-0.1, -0.05) is 12.1 Å². The molecule has 4 nitrogen and oxygen atoms in total. The van der Waals surface area contributed by atoms with Crippen LogP contribution in [0, 0.1) is 6.92 Å². The highest BCUT2D eigenvalue weighted by molar-refractivity contribution is 7.80. The Morgan fingerprint density at radius 2 is 2.33 bits per heavy atom. The molecule has 0 saturated carbocycles. The zero-order valence-electron chi connectivity index (χ0n) is 8.65. The van der Waals surface area contributed by atoms with Crippen LogP contribution in [-0.2, 0) is 0 Å². The Labute approximate surface area is 94.1 Å². The molecule has 0 heterocycles. The van der Waals surface area contributed by atoms with Gasteiger partial charge in [0.05, 0.1) is 13.3 Å². The van der Waals surface area contributed by atoms with Crippen molar-refractivity contribution in [1.29, 1.82) is 0 Å². The van der Waals surface area contributed by atoms with E-state index in [0.717, 1.165) is 16.9 Å². The predicted octanol–water partition coefficient (Wildman–Crippen LogP) is 1.17. The highest BCUT2D eigenvalue weighted by Crippen LogP contribution is 2.20. The topological polar surface area (TPSA) is 59.6 Å². The average molecular weight is 223 g/mol. The molecule has 0 atom stereocenters. The van der Waals surface area contributed by atoms with E-state index in [9.17, 15) is 0 Å². The number of rotatable bonds is 3. The minimum atomic E-state index is 0.137. The third-order valence-corrected chi connectivity index (χ3v) is 1.92. The summed E-state index contributed by atoms with van der Waals surface area (Å²) in [4.78, 5) is 0. The minimum absolute atomic E-state index is 0.137. The largest absolute Gasteiger partial charge is 0.496 e. The van der Waals surface area contributed by atoms with Gasteiger partial charge < -0.3 is 10.5 Å². The molecule has 0 fully saturated rings. The lowest BCUT2D eigenvalue weighted by molar-refractivity contribution is 0.411. The van der Waals surface area contributed by atoms with E-state index in [0.29, 0.717) is 0 Å². The summed E-state index contributed by atoms with van der Waals surface area (Å²) in [5.74, 6) is 0.797. The molecule has 0 bridgehead atoms. The van der Waals surface area contributed by atoms with Crippen LogP contribution in [0.2, 0.25) is 0 Å². The second-order valence-electron chi connectivity index (χ2n) is 2.93. The maximum absolute atomic E-state index is 5.25. The van der Waals surface area contributed by atoms with Crippen LogP contribution in [0.3, 0.4) is 0 Å². The van der Waals surface area contributed by atoms with Crippen molar-refractivity contribution in [3.63, 3.8) is 0 Å². The normalized spacial score (nSPS) is 10.3. The van der Waals surface area contributed by atoms with E-state index in [1.165, 1.54) is 0 Å². The number of nitrogens with zero attached hydrogens (tertiary/aromatic N) is 1. The fourth-order valence-corrected chi connectivity index (χ4v) is 1.27. The number of aryl methyl sites for hydroxylation is 1. The summed E-state index contributed by atoms with van der Waals surface area (Å²) < 4.78 is 5.25. The SMILES string of the molecule is COc1c(C)cccc1/C=N/NC(N)=S. The second kappa shape index (κ2) is 5.31. The number of hydrogen-bond donors (Lipinski definition) is 2. The van der Waals surface area contributed by atoms with Gasteiger partial charge >= 0.3 is 0 Å². The third kappa shape index (κ3) is 3.21. The molecule has 0 saturated heterocycles. The van der Waals surface area contributed by atoms with E-state index >= 15 is 0 Å². The van der Waals surface area contributed by atoms with Crippen LogP contribution in [0.4, 0.5) is 0 Å². The maximum Gasteiger partial charge on any atom is 0.184 e. The second-order valence-corrected chi connectivity index (χ2v) is 3.37. The van der Waals surface area contributed by atoms with Gasteiger partial charge in [0.15, 0.2) is 5.11 Å². The van der Waals surface area contributed by atoms with Crippen molar-refractivity contribution in [3.8, 4) is 5.75 Å². The first-order valence-electron chi connectivity index (χ1n) is 4.37. The zero-order valence-corrected chi connectivity index (χ0v) is 9.47. The lowest BCUT2D eigenvalue weighted by atomic mass is 10.1. The fraction of sp³-hybridized carbons (Fsp3) is 0.200. The molecule has 3 N–H and O–H groups in total. The predicted molar refractivity (Wildman–Crippen MR) is 65.2 cm³/mol. The minimum Gasteiger partial charge on any atom is -0.496 e. The number of thiocarbonyl (C=S) groups is 1. The van der Waals surface area contributed by atoms with Crippen molar-refractivity contribution < 1.29 is 4.74 Å². The molecule has 5 heteroatoms. The van der Waals surface area contributed by atoms with Gasteiger partial charge in [0, 0.05) is 5.56 Å². The van der Waals surface area contributed by atoms with Gasteiger partial charge in [0.1, 0.15) is 5.75 Å². The van der Waals surface area contributed by atoms with Crippen LogP contribution in [0.5, 0.6) is 5.75 Å². The summed E-state index contributed by atoms with van der Waals surface area (Å²) in [6.45, 7) is 1.97. The van der Waals surface area contributed by atoms with Gasteiger partial charge in [-0.2, -0.15) is 5.10 Å². The highest BCUT2D eigenvalue weighted by Gasteiger charge is 2.02. The molecule has 0 aliphatic carbocycles.